The first kappa shape index (κ1) is 21.9. The van der Waals surface area contributed by atoms with Crippen molar-refractivity contribution in [3.63, 3.8) is 0 Å². The summed E-state index contributed by atoms with van der Waals surface area (Å²) < 4.78 is 7.27. The number of primary amides is 1. The second-order valence-electron chi connectivity index (χ2n) is 7.33. The van der Waals surface area contributed by atoms with Crippen molar-refractivity contribution in [2.45, 2.75) is 19.6 Å². The van der Waals surface area contributed by atoms with E-state index in [4.69, 9.17) is 33.7 Å². The predicted octanol–water partition coefficient (Wildman–Crippen LogP) is 3.84. The van der Waals surface area contributed by atoms with Crippen molar-refractivity contribution in [2.24, 2.45) is 5.73 Å². The molecule has 0 bridgehead atoms. The highest BCUT2D eigenvalue weighted by Crippen LogP contribution is 2.33. The number of anilines is 1. The quantitative estimate of drug-likeness (QED) is 0.573. The Balaban J connectivity index is 1.57. The van der Waals surface area contributed by atoms with Gasteiger partial charge < -0.3 is 15.4 Å². The Kier molecular flexibility index (Phi) is 6.21. The van der Waals surface area contributed by atoms with E-state index >= 15 is 0 Å². The number of carbonyl (C=O) groups is 2. The van der Waals surface area contributed by atoms with Crippen molar-refractivity contribution >= 4 is 46.8 Å². The van der Waals surface area contributed by atoms with E-state index in [0.717, 1.165) is 5.56 Å². The third-order valence-electron chi connectivity index (χ3n) is 5.10. The van der Waals surface area contributed by atoms with Crippen LogP contribution in [0, 0.1) is 6.92 Å². The van der Waals surface area contributed by atoms with Crippen molar-refractivity contribution in [2.75, 3.05) is 11.4 Å². The number of aryl methyl sites for hydroxylation is 1. The fourth-order valence-corrected chi connectivity index (χ4v) is 3.88. The summed E-state index contributed by atoms with van der Waals surface area (Å²) in [7, 11) is 0. The summed E-state index contributed by atoms with van der Waals surface area (Å²) in [5, 5.41) is 5.55. The molecule has 2 heterocycles. The van der Waals surface area contributed by atoms with Gasteiger partial charge in [-0.2, -0.15) is 5.10 Å². The van der Waals surface area contributed by atoms with Gasteiger partial charge in [0, 0.05) is 16.7 Å². The lowest BCUT2D eigenvalue weighted by molar-refractivity contribution is -0.125. The minimum atomic E-state index is -0.922. The molecule has 2 N–H and O–H groups in total. The standard InChI is InChI=1S/C23H20Cl2N4O3/c1-14-17(22(25)29(27-14)12-15-6-8-16(24)9-7-15)10-11-21(30)28-13-20(23(26)31)32-19-5-3-2-4-18(19)28/h2-11,20H,12-13H2,1H3,(H2,26,31). The van der Waals surface area contributed by atoms with Crippen LogP contribution < -0.4 is 15.4 Å². The molecule has 0 aliphatic carbocycles. The van der Waals surface area contributed by atoms with Crippen molar-refractivity contribution in [3.05, 3.63) is 81.6 Å². The number of aromatic nitrogens is 2. The number of fused-ring (bicyclic) bond motifs is 1. The molecule has 0 radical (unpaired) electrons. The fourth-order valence-electron chi connectivity index (χ4n) is 3.46. The molecule has 32 heavy (non-hydrogen) atoms. The van der Waals surface area contributed by atoms with Gasteiger partial charge in [-0.1, -0.05) is 47.5 Å². The Morgan fingerprint density at radius 2 is 1.91 bits per heavy atom. The van der Waals surface area contributed by atoms with Crippen LogP contribution in [0.1, 0.15) is 16.8 Å². The maximum Gasteiger partial charge on any atom is 0.260 e. The van der Waals surface area contributed by atoms with Crippen LogP contribution in [0.3, 0.4) is 0 Å². The Labute approximate surface area is 195 Å². The summed E-state index contributed by atoms with van der Waals surface area (Å²) in [6.45, 7) is 2.31. The van der Waals surface area contributed by atoms with E-state index in [9.17, 15) is 9.59 Å². The first-order valence-corrected chi connectivity index (χ1v) is 10.6. The molecule has 7 nitrogen and oxygen atoms in total. The normalized spacial score (nSPS) is 15.5. The average Bonchev–Trinajstić information content (AvgIpc) is 3.05. The molecule has 3 aromatic rings. The zero-order valence-electron chi connectivity index (χ0n) is 17.2. The summed E-state index contributed by atoms with van der Waals surface area (Å²) in [6, 6.07) is 14.4. The van der Waals surface area contributed by atoms with Crippen molar-refractivity contribution < 1.29 is 14.3 Å². The van der Waals surface area contributed by atoms with E-state index in [1.54, 1.807) is 47.2 Å². The summed E-state index contributed by atoms with van der Waals surface area (Å²) >= 11 is 12.5. The van der Waals surface area contributed by atoms with Gasteiger partial charge in [0.1, 0.15) is 10.9 Å². The first-order valence-electron chi connectivity index (χ1n) is 9.85. The van der Waals surface area contributed by atoms with Crippen LogP contribution in [0.5, 0.6) is 5.75 Å². The van der Waals surface area contributed by atoms with Crippen LogP contribution in [0.15, 0.2) is 54.6 Å². The van der Waals surface area contributed by atoms with E-state index in [1.807, 2.05) is 19.1 Å². The summed E-state index contributed by atoms with van der Waals surface area (Å²) in [5.41, 5.74) is 8.30. The highest BCUT2D eigenvalue weighted by atomic mass is 35.5. The van der Waals surface area contributed by atoms with E-state index in [-0.39, 0.29) is 12.5 Å². The molecule has 9 heteroatoms. The minimum absolute atomic E-state index is 0.0259. The van der Waals surface area contributed by atoms with Crippen LogP contribution in [0.4, 0.5) is 5.69 Å². The summed E-state index contributed by atoms with van der Waals surface area (Å²) in [5.74, 6) is -0.536. The van der Waals surface area contributed by atoms with Gasteiger partial charge in [-0.05, 0) is 42.8 Å². The number of benzene rings is 2. The number of amides is 2. The third kappa shape index (κ3) is 4.49. The smallest absolute Gasteiger partial charge is 0.260 e. The molecule has 164 valence electrons. The van der Waals surface area contributed by atoms with Gasteiger partial charge in [-0.25, -0.2) is 4.68 Å². The molecule has 2 aromatic carbocycles. The van der Waals surface area contributed by atoms with E-state index in [0.29, 0.717) is 39.4 Å². The van der Waals surface area contributed by atoms with Crippen LogP contribution in [0.2, 0.25) is 10.2 Å². The second kappa shape index (κ2) is 9.06. The lowest BCUT2D eigenvalue weighted by Crippen LogP contribution is -2.49. The zero-order chi connectivity index (χ0) is 22.8. The van der Waals surface area contributed by atoms with Crippen molar-refractivity contribution in [1.29, 1.82) is 0 Å². The number of hydrogen-bond acceptors (Lipinski definition) is 4. The number of halogens is 2. The maximum absolute atomic E-state index is 13.0. The highest BCUT2D eigenvalue weighted by molar-refractivity contribution is 6.31. The Morgan fingerprint density at radius 1 is 1.19 bits per heavy atom. The monoisotopic (exact) mass is 470 g/mol. The van der Waals surface area contributed by atoms with Gasteiger partial charge in [0.25, 0.3) is 11.8 Å². The van der Waals surface area contributed by atoms with Crippen LogP contribution in [-0.2, 0) is 16.1 Å². The van der Waals surface area contributed by atoms with Gasteiger partial charge in [-0.3, -0.25) is 9.59 Å². The molecule has 1 aliphatic heterocycles. The fraction of sp³-hybridized carbons (Fsp3) is 0.174. The summed E-state index contributed by atoms with van der Waals surface area (Å²) in [4.78, 5) is 26.1. The van der Waals surface area contributed by atoms with Gasteiger partial charge >= 0.3 is 0 Å². The van der Waals surface area contributed by atoms with E-state index in [2.05, 4.69) is 5.10 Å². The lowest BCUT2D eigenvalue weighted by Gasteiger charge is -2.32. The number of rotatable bonds is 5. The molecule has 1 aliphatic rings. The number of hydrogen-bond donors (Lipinski definition) is 1. The first-order chi connectivity index (χ1) is 15.3. The SMILES string of the molecule is Cc1nn(Cc2ccc(Cl)cc2)c(Cl)c1C=CC(=O)N1CC(C(N)=O)Oc2ccccc21. The molecule has 0 saturated heterocycles. The molecule has 1 aromatic heterocycles. The topological polar surface area (TPSA) is 90.5 Å². The number of nitrogens with two attached hydrogens (primary N) is 1. The molecule has 1 atom stereocenters. The highest BCUT2D eigenvalue weighted by Gasteiger charge is 2.31. The maximum atomic E-state index is 13.0. The molecular formula is C23H20Cl2N4O3. The number of carbonyl (C=O) groups excluding carboxylic acids is 2. The summed E-state index contributed by atoms with van der Waals surface area (Å²) in [6.07, 6.45) is 2.11. The van der Waals surface area contributed by atoms with E-state index in [1.165, 1.54) is 11.0 Å². The molecule has 0 fully saturated rings. The lowest BCUT2D eigenvalue weighted by atomic mass is 10.1. The number of nitrogens with zero attached hydrogens (tertiary/aromatic N) is 3. The Morgan fingerprint density at radius 3 is 2.62 bits per heavy atom. The van der Waals surface area contributed by atoms with Gasteiger partial charge in [0.15, 0.2) is 6.10 Å². The Hall–Kier alpha value is -3.29. The second-order valence-corrected chi connectivity index (χ2v) is 8.13. The molecule has 1 unspecified atom stereocenters. The molecule has 0 saturated carbocycles. The average molecular weight is 471 g/mol. The largest absolute Gasteiger partial charge is 0.477 e. The Bertz CT molecular complexity index is 1200. The number of para-hydroxylation sites is 2. The van der Waals surface area contributed by atoms with Gasteiger partial charge in [-0.15, -0.1) is 0 Å². The molecular weight excluding hydrogens is 451 g/mol. The van der Waals surface area contributed by atoms with Crippen LogP contribution in [0.25, 0.3) is 6.08 Å². The zero-order valence-corrected chi connectivity index (χ0v) is 18.7. The van der Waals surface area contributed by atoms with Crippen LogP contribution >= 0.6 is 23.2 Å². The molecule has 2 amide bonds. The molecule has 0 spiro atoms. The van der Waals surface area contributed by atoms with Crippen LogP contribution in [-0.4, -0.2) is 34.2 Å². The van der Waals surface area contributed by atoms with E-state index < -0.39 is 12.0 Å². The van der Waals surface area contributed by atoms with Crippen molar-refractivity contribution in [1.82, 2.24) is 9.78 Å². The van der Waals surface area contributed by atoms with Crippen molar-refractivity contribution in [3.8, 4) is 5.75 Å². The minimum Gasteiger partial charge on any atom is -0.477 e. The third-order valence-corrected chi connectivity index (χ3v) is 5.76. The number of ether oxygens (including phenoxy) is 1. The van der Waals surface area contributed by atoms with Gasteiger partial charge in [0.2, 0.25) is 0 Å². The van der Waals surface area contributed by atoms with Gasteiger partial charge in [0.05, 0.1) is 24.5 Å². The predicted molar refractivity (Wildman–Crippen MR) is 124 cm³/mol. The molecule has 4 rings (SSSR count).